The van der Waals surface area contributed by atoms with Crippen molar-refractivity contribution < 1.29 is 14.3 Å². The monoisotopic (exact) mass is 456 g/mol. The largest absolute Gasteiger partial charge is 0.497 e. The van der Waals surface area contributed by atoms with Gasteiger partial charge in [-0.3, -0.25) is 14.3 Å². The van der Waals surface area contributed by atoms with Crippen LogP contribution in [-0.2, 0) is 0 Å². The summed E-state index contributed by atoms with van der Waals surface area (Å²) in [6.45, 7) is 1.24. The summed E-state index contributed by atoms with van der Waals surface area (Å²) in [5.74, 6) is 1.78. The molecule has 1 saturated heterocycles. The molecular formula is C25H24N6O3. The molecule has 0 saturated carbocycles. The molecule has 1 aliphatic heterocycles. The van der Waals surface area contributed by atoms with Crippen molar-refractivity contribution >= 4 is 5.91 Å². The normalized spacial score (nSPS) is 15.7. The van der Waals surface area contributed by atoms with Gasteiger partial charge in [0.2, 0.25) is 5.88 Å². The van der Waals surface area contributed by atoms with Crippen LogP contribution in [-0.4, -0.2) is 55.7 Å². The van der Waals surface area contributed by atoms with Gasteiger partial charge >= 0.3 is 0 Å². The number of amides is 1. The summed E-state index contributed by atoms with van der Waals surface area (Å²) in [6, 6.07) is 14.8. The number of hydrogen-bond acceptors (Lipinski definition) is 7. The van der Waals surface area contributed by atoms with Crippen molar-refractivity contribution in [2.45, 2.75) is 18.8 Å². The Labute approximate surface area is 197 Å². The molecule has 3 heterocycles. The molecule has 1 atom stereocenters. The summed E-state index contributed by atoms with van der Waals surface area (Å²) in [5.41, 5.74) is 2.22. The molecule has 172 valence electrons. The van der Waals surface area contributed by atoms with Gasteiger partial charge in [-0.15, -0.1) is 10.2 Å². The number of carbonyl (C=O) groups excluding carboxylic acids is 1. The molecule has 2 aromatic heterocycles. The van der Waals surface area contributed by atoms with Crippen molar-refractivity contribution in [1.29, 1.82) is 0 Å². The zero-order chi connectivity index (χ0) is 23.3. The first-order chi connectivity index (χ1) is 16.7. The molecule has 0 N–H and O–H groups in total. The van der Waals surface area contributed by atoms with E-state index in [1.54, 1.807) is 42.8 Å². The predicted octanol–water partition coefficient (Wildman–Crippen LogP) is 3.88. The number of hydrogen-bond donors (Lipinski definition) is 0. The summed E-state index contributed by atoms with van der Waals surface area (Å²) in [6.07, 6.45) is 8.27. The van der Waals surface area contributed by atoms with Gasteiger partial charge in [0.1, 0.15) is 29.8 Å². The molecule has 0 aliphatic carbocycles. The van der Waals surface area contributed by atoms with Crippen molar-refractivity contribution in [3.05, 3.63) is 84.8 Å². The highest BCUT2D eigenvalue weighted by Crippen LogP contribution is 2.34. The van der Waals surface area contributed by atoms with Gasteiger partial charge in [-0.2, -0.15) is 0 Å². The van der Waals surface area contributed by atoms with Gasteiger partial charge in [0, 0.05) is 48.7 Å². The van der Waals surface area contributed by atoms with Crippen LogP contribution in [0, 0.1) is 0 Å². The third kappa shape index (κ3) is 4.59. The molecule has 34 heavy (non-hydrogen) atoms. The number of piperidine rings is 1. The first-order valence-electron chi connectivity index (χ1n) is 11.1. The first kappa shape index (κ1) is 21.6. The Morgan fingerprint density at radius 1 is 1.00 bits per heavy atom. The van der Waals surface area contributed by atoms with Gasteiger partial charge in [0.15, 0.2) is 0 Å². The highest BCUT2D eigenvalue weighted by Gasteiger charge is 2.29. The summed E-state index contributed by atoms with van der Waals surface area (Å²) >= 11 is 0. The van der Waals surface area contributed by atoms with E-state index in [1.165, 1.54) is 0 Å². The van der Waals surface area contributed by atoms with Gasteiger partial charge in [-0.1, -0.05) is 12.1 Å². The quantitative estimate of drug-likeness (QED) is 0.434. The van der Waals surface area contributed by atoms with Crippen molar-refractivity contribution in [2.24, 2.45) is 0 Å². The van der Waals surface area contributed by atoms with E-state index in [9.17, 15) is 4.79 Å². The van der Waals surface area contributed by atoms with Crippen LogP contribution >= 0.6 is 0 Å². The minimum absolute atomic E-state index is 0.0150. The number of aromatic nitrogens is 5. The third-order valence-electron chi connectivity index (χ3n) is 5.85. The van der Waals surface area contributed by atoms with Gasteiger partial charge < -0.3 is 14.4 Å². The lowest BCUT2D eigenvalue weighted by molar-refractivity contribution is 0.0704. The standard InChI is InChI=1S/C25H24N6O3/c1-33-21-8-3-9-22(14-21)34-24-23(26-10-11-27-24)19-6-4-12-30(15-19)25(32)18-5-2-7-20(13-18)31-16-28-29-17-31/h2-3,5,7-11,13-14,16-17,19H,4,6,12,15H2,1H3/t19-/m1/s1. The zero-order valence-electron chi connectivity index (χ0n) is 18.7. The van der Waals surface area contributed by atoms with Crippen LogP contribution in [0.3, 0.4) is 0 Å². The topological polar surface area (TPSA) is 95.3 Å². The number of rotatable bonds is 6. The van der Waals surface area contributed by atoms with E-state index in [4.69, 9.17) is 9.47 Å². The molecule has 1 amide bonds. The molecule has 1 aliphatic rings. The van der Waals surface area contributed by atoms with Crippen molar-refractivity contribution in [3.63, 3.8) is 0 Å². The second-order valence-corrected chi connectivity index (χ2v) is 8.04. The molecule has 0 radical (unpaired) electrons. The number of ether oxygens (including phenoxy) is 2. The van der Waals surface area contributed by atoms with E-state index >= 15 is 0 Å². The van der Waals surface area contributed by atoms with Crippen LogP contribution in [0.4, 0.5) is 0 Å². The van der Waals surface area contributed by atoms with Gasteiger partial charge in [-0.05, 0) is 43.2 Å². The minimum Gasteiger partial charge on any atom is -0.497 e. The molecule has 9 nitrogen and oxygen atoms in total. The molecule has 0 bridgehead atoms. The Hall–Kier alpha value is -4.27. The third-order valence-corrected chi connectivity index (χ3v) is 5.85. The maximum Gasteiger partial charge on any atom is 0.253 e. The predicted molar refractivity (Wildman–Crippen MR) is 124 cm³/mol. The van der Waals surface area contributed by atoms with Crippen molar-refractivity contribution in [3.8, 4) is 23.1 Å². The van der Waals surface area contributed by atoms with Crippen molar-refractivity contribution in [2.75, 3.05) is 20.2 Å². The molecule has 0 spiro atoms. The Morgan fingerprint density at radius 2 is 1.79 bits per heavy atom. The summed E-state index contributed by atoms with van der Waals surface area (Å²) in [7, 11) is 1.61. The lowest BCUT2D eigenvalue weighted by atomic mass is 9.94. The van der Waals surface area contributed by atoms with E-state index in [0.717, 1.165) is 24.2 Å². The Balaban J connectivity index is 1.35. The number of carbonyl (C=O) groups is 1. The average Bonchev–Trinajstić information content (AvgIpc) is 3.44. The lowest BCUT2D eigenvalue weighted by Gasteiger charge is -2.33. The SMILES string of the molecule is COc1cccc(Oc2nccnc2[C@@H]2CCCN(C(=O)c3cccc(-n4cnnc4)c3)C2)c1. The minimum atomic E-state index is -0.0150. The van der Waals surface area contributed by atoms with Crippen LogP contribution in [0.2, 0.25) is 0 Å². The molecular weight excluding hydrogens is 432 g/mol. The number of likely N-dealkylation sites (tertiary alicyclic amines) is 1. The Morgan fingerprint density at radius 3 is 2.65 bits per heavy atom. The Bertz CT molecular complexity index is 1280. The highest BCUT2D eigenvalue weighted by molar-refractivity contribution is 5.94. The van der Waals surface area contributed by atoms with Crippen molar-refractivity contribution in [1.82, 2.24) is 29.6 Å². The van der Waals surface area contributed by atoms with E-state index in [1.807, 2.05) is 47.4 Å². The van der Waals surface area contributed by atoms with Crippen LogP contribution in [0.5, 0.6) is 17.4 Å². The first-order valence-corrected chi connectivity index (χ1v) is 11.1. The fraction of sp³-hybridized carbons (Fsp3) is 0.240. The number of nitrogens with zero attached hydrogens (tertiary/aromatic N) is 6. The molecule has 4 aromatic rings. The molecule has 9 heteroatoms. The second-order valence-electron chi connectivity index (χ2n) is 8.04. The summed E-state index contributed by atoms with van der Waals surface area (Å²) in [4.78, 5) is 24.2. The van der Waals surface area contributed by atoms with Gasteiger partial charge in [0.25, 0.3) is 5.91 Å². The fourth-order valence-electron chi connectivity index (χ4n) is 4.17. The number of benzene rings is 2. The van der Waals surface area contributed by atoms with Gasteiger partial charge in [-0.25, -0.2) is 4.98 Å². The van der Waals surface area contributed by atoms with E-state index in [-0.39, 0.29) is 11.8 Å². The van der Waals surface area contributed by atoms with Crippen LogP contribution < -0.4 is 9.47 Å². The molecule has 2 aromatic carbocycles. The van der Waals surface area contributed by atoms with Crippen LogP contribution in [0.15, 0.2) is 73.6 Å². The average molecular weight is 457 g/mol. The molecule has 5 rings (SSSR count). The Kier molecular flexibility index (Phi) is 6.15. The summed E-state index contributed by atoms with van der Waals surface area (Å²) < 4.78 is 13.1. The van der Waals surface area contributed by atoms with E-state index < -0.39 is 0 Å². The smallest absolute Gasteiger partial charge is 0.253 e. The maximum atomic E-state index is 13.3. The number of methoxy groups -OCH3 is 1. The van der Waals surface area contributed by atoms with E-state index in [0.29, 0.717) is 36.0 Å². The van der Waals surface area contributed by atoms with Gasteiger partial charge in [0.05, 0.1) is 7.11 Å². The fourth-order valence-corrected chi connectivity index (χ4v) is 4.17. The van der Waals surface area contributed by atoms with Crippen LogP contribution in [0.1, 0.15) is 34.8 Å². The maximum absolute atomic E-state index is 13.3. The lowest BCUT2D eigenvalue weighted by Crippen LogP contribution is -2.39. The van der Waals surface area contributed by atoms with Crippen LogP contribution in [0.25, 0.3) is 5.69 Å². The molecule has 0 unspecified atom stereocenters. The highest BCUT2D eigenvalue weighted by atomic mass is 16.5. The molecule has 1 fully saturated rings. The summed E-state index contributed by atoms with van der Waals surface area (Å²) in [5, 5.41) is 7.68. The second kappa shape index (κ2) is 9.70. The zero-order valence-corrected chi connectivity index (χ0v) is 18.7. The van der Waals surface area contributed by atoms with E-state index in [2.05, 4.69) is 20.2 Å².